The number of pyridine rings is 1. The van der Waals surface area contributed by atoms with Crippen molar-refractivity contribution >= 4 is 16.7 Å². The highest BCUT2D eigenvalue weighted by atomic mass is 19.1. The van der Waals surface area contributed by atoms with Crippen LogP contribution >= 0.6 is 0 Å². The first kappa shape index (κ1) is 19.1. The van der Waals surface area contributed by atoms with Crippen LogP contribution in [0.15, 0.2) is 48.7 Å². The zero-order valence-electron chi connectivity index (χ0n) is 16.2. The van der Waals surface area contributed by atoms with Gasteiger partial charge in [-0.2, -0.15) is 0 Å². The molecule has 7 heteroatoms. The van der Waals surface area contributed by atoms with Gasteiger partial charge in [0, 0.05) is 18.1 Å². The van der Waals surface area contributed by atoms with Gasteiger partial charge >= 0.3 is 0 Å². The standard InChI is InChI=1S/C22H21FN2O4/c1-27-19-5-3-4-17(21(19)28-2)22(26)25-8-9-29-20(13-25)18-11-15-10-16(23)7-6-14(15)12-24-18/h3-7,10-12,20H,8-9,13H2,1-2H3/t20-/m1/s1. The molecular weight excluding hydrogens is 375 g/mol. The third-order valence-electron chi connectivity index (χ3n) is 5.02. The minimum Gasteiger partial charge on any atom is -0.493 e. The van der Waals surface area contributed by atoms with Gasteiger partial charge < -0.3 is 19.1 Å². The van der Waals surface area contributed by atoms with Gasteiger partial charge in [-0.15, -0.1) is 0 Å². The number of carbonyl (C=O) groups is 1. The normalized spacial score (nSPS) is 16.7. The molecule has 0 aliphatic carbocycles. The van der Waals surface area contributed by atoms with E-state index in [0.717, 1.165) is 10.8 Å². The van der Waals surface area contributed by atoms with Crippen LogP contribution in [0.5, 0.6) is 11.5 Å². The van der Waals surface area contributed by atoms with E-state index in [0.29, 0.717) is 42.5 Å². The minimum atomic E-state index is -0.392. The first-order valence-electron chi connectivity index (χ1n) is 9.28. The fourth-order valence-electron chi connectivity index (χ4n) is 3.54. The smallest absolute Gasteiger partial charge is 0.257 e. The average Bonchev–Trinajstić information content (AvgIpc) is 2.77. The third-order valence-corrected chi connectivity index (χ3v) is 5.02. The number of rotatable bonds is 4. The third kappa shape index (κ3) is 3.73. The average molecular weight is 396 g/mol. The van der Waals surface area contributed by atoms with Crippen LogP contribution in [0.4, 0.5) is 4.39 Å². The van der Waals surface area contributed by atoms with Gasteiger partial charge in [0.15, 0.2) is 11.5 Å². The first-order chi connectivity index (χ1) is 14.1. The van der Waals surface area contributed by atoms with Crippen molar-refractivity contribution in [2.75, 3.05) is 33.9 Å². The number of benzene rings is 2. The molecule has 0 radical (unpaired) electrons. The van der Waals surface area contributed by atoms with Crippen molar-refractivity contribution in [3.8, 4) is 11.5 Å². The second-order valence-electron chi connectivity index (χ2n) is 6.75. The monoisotopic (exact) mass is 396 g/mol. The number of hydrogen-bond donors (Lipinski definition) is 0. The van der Waals surface area contributed by atoms with Gasteiger partial charge in [0.25, 0.3) is 5.91 Å². The quantitative estimate of drug-likeness (QED) is 0.674. The summed E-state index contributed by atoms with van der Waals surface area (Å²) in [6.07, 6.45) is 1.30. The number of aromatic nitrogens is 1. The SMILES string of the molecule is COc1cccc(C(=O)N2CCO[C@@H](c3cc4cc(F)ccc4cn3)C2)c1OC. The zero-order valence-corrected chi connectivity index (χ0v) is 16.2. The van der Waals surface area contributed by atoms with E-state index in [2.05, 4.69) is 4.98 Å². The number of amides is 1. The predicted molar refractivity (Wildman–Crippen MR) is 106 cm³/mol. The summed E-state index contributed by atoms with van der Waals surface area (Å²) in [4.78, 5) is 19.3. The Morgan fingerprint density at radius 2 is 2.03 bits per heavy atom. The number of fused-ring (bicyclic) bond motifs is 1. The Morgan fingerprint density at radius 3 is 2.83 bits per heavy atom. The molecule has 1 fully saturated rings. The Labute approximate surface area is 167 Å². The fraction of sp³-hybridized carbons (Fsp3) is 0.273. The molecule has 150 valence electrons. The van der Waals surface area contributed by atoms with Crippen LogP contribution in [0.3, 0.4) is 0 Å². The van der Waals surface area contributed by atoms with Crippen molar-refractivity contribution < 1.29 is 23.4 Å². The maximum atomic E-state index is 13.6. The molecule has 1 saturated heterocycles. The molecule has 4 rings (SSSR count). The highest BCUT2D eigenvalue weighted by Gasteiger charge is 2.29. The van der Waals surface area contributed by atoms with Crippen LogP contribution < -0.4 is 9.47 Å². The van der Waals surface area contributed by atoms with Crippen LogP contribution in [-0.4, -0.2) is 49.7 Å². The molecule has 1 aliphatic rings. The number of methoxy groups -OCH3 is 2. The summed E-state index contributed by atoms with van der Waals surface area (Å²) in [6.45, 7) is 1.18. The molecule has 6 nitrogen and oxygen atoms in total. The number of hydrogen-bond acceptors (Lipinski definition) is 5. The Morgan fingerprint density at radius 1 is 1.17 bits per heavy atom. The maximum Gasteiger partial charge on any atom is 0.257 e. The van der Waals surface area contributed by atoms with Gasteiger partial charge in [-0.1, -0.05) is 6.07 Å². The molecule has 29 heavy (non-hydrogen) atoms. The topological polar surface area (TPSA) is 60.9 Å². The summed E-state index contributed by atoms with van der Waals surface area (Å²) in [5, 5.41) is 1.59. The van der Waals surface area contributed by atoms with Gasteiger partial charge in [-0.25, -0.2) is 4.39 Å². The summed E-state index contributed by atoms with van der Waals surface area (Å²) in [5.41, 5.74) is 1.10. The van der Waals surface area contributed by atoms with Gasteiger partial charge in [0.05, 0.1) is 38.6 Å². The molecular formula is C22H21FN2O4. The summed E-state index contributed by atoms with van der Waals surface area (Å²) in [7, 11) is 3.04. The molecule has 2 heterocycles. The lowest BCUT2D eigenvalue weighted by Gasteiger charge is -2.33. The van der Waals surface area contributed by atoms with Crippen LogP contribution in [0.1, 0.15) is 22.2 Å². The molecule has 0 N–H and O–H groups in total. The minimum absolute atomic E-state index is 0.166. The molecule has 2 aromatic carbocycles. The fourth-order valence-corrected chi connectivity index (χ4v) is 3.54. The Bertz CT molecular complexity index is 1060. The summed E-state index contributed by atoms with van der Waals surface area (Å²) >= 11 is 0. The van der Waals surface area contributed by atoms with E-state index >= 15 is 0 Å². The van der Waals surface area contributed by atoms with E-state index in [1.165, 1.54) is 26.4 Å². The highest BCUT2D eigenvalue weighted by molar-refractivity contribution is 5.98. The largest absolute Gasteiger partial charge is 0.493 e. The van der Waals surface area contributed by atoms with Gasteiger partial charge in [0.1, 0.15) is 11.9 Å². The highest BCUT2D eigenvalue weighted by Crippen LogP contribution is 2.33. The molecule has 1 aromatic heterocycles. The number of nitrogens with zero attached hydrogens (tertiary/aromatic N) is 2. The summed E-state index contributed by atoms with van der Waals surface area (Å²) < 4.78 is 30.1. The van der Waals surface area contributed by atoms with E-state index in [9.17, 15) is 9.18 Å². The van der Waals surface area contributed by atoms with Crippen LogP contribution in [0, 0.1) is 5.82 Å². The van der Waals surface area contributed by atoms with E-state index in [4.69, 9.17) is 14.2 Å². The Kier molecular flexibility index (Phi) is 5.31. The molecule has 1 atom stereocenters. The summed E-state index contributed by atoms with van der Waals surface area (Å²) in [5.74, 6) is 0.436. The van der Waals surface area contributed by atoms with Crippen LogP contribution in [0.25, 0.3) is 10.8 Å². The van der Waals surface area contributed by atoms with Crippen LogP contribution in [-0.2, 0) is 4.74 Å². The van der Waals surface area contributed by atoms with Gasteiger partial charge in [0.2, 0.25) is 0 Å². The van der Waals surface area contributed by atoms with Crippen LogP contribution in [0.2, 0.25) is 0 Å². The molecule has 3 aromatic rings. The number of morpholine rings is 1. The maximum absolute atomic E-state index is 13.6. The number of ether oxygens (including phenoxy) is 3. The van der Waals surface area contributed by atoms with Crippen molar-refractivity contribution in [2.45, 2.75) is 6.10 Å². The summed E-state index contributed by atoms with van der Waals surface area (Å²) in [6, 6.07) is 11.6. The Hall–Kier alpha value is -3.19. The van der Waals surface area contributed by atoms with E-state index in [1.807, 2.05) is 6.07 Å². The lowest BCUT2D eigenvalue weighted by Crippen LogP contribution is -2.42. The van der Waals surface area contributed by atoms with E-state index in [1.54, 1.807) is 35.4 Å². The molecule has 1 aliphatic heterocycles. The number of halogens is 1. The van der Waals surface area contributed by atoms with Crippen molar-refractivity contribution in [3.05, 3.63) is 65.7 Å². The van der Waals surface area contributed by atoms with Crippen molar-refractivity contribution in [1.29, 1.82) is 0 Å². The molecule has 0 unspecified atom stereocenters. The molecule has 1 amide bonds. The Balaban J connectivity index is 1.59. The van der Waals surface area contributed by atoms with E-state index in [-0.39, 0.29) is 11.7 Å². The molecule has 0 spiro atoms. The second-order valence-corrected chi connectivity index (χ2v) is 6.75. The zero-order chi connectivity index (χ0) is 20.4. The second kappa shape index (κ2) is 8.05. The number of carbonyl (C=O) groups excluding carboxylic acids is 1. The van der Waals surface area contributed by atoms with Crippen molar-refractivity contribution in [3.63, 3.8) is 0 Å². The van der Waals surface area contributed by atoms with Crippen molar-refractivity contribution in [2.24, 2.45) is 0 Å². The van der Waals surface area contributed by atoms with E-state index < -0.39 is 6.10 Å². The van der Waals surface area contributed by atoms with Gasteiger partial charge in [-0.05, 0) is 41.8 Å². The first-order valence-corrected chi connectivity index (χ1v) is 9.28. The lowest BCUT2D eigenvalue weighted by atomic mass is 10.1. The number of para-hydroxylation sites is 1. The molecule has 0 bridgehead atoms. The predicted octanol–water partition coefficient (Wildman–Crippen LogP) is 3.60. The lowest BCUT2D eigenvalue weighted by molar-refractivity contribution is -0.0247. The van der Waals surface area contributed by atoms with Gasteiger partial charge in [-0.3, -0.25) is 9.78 Å². The molecule has 0 saturated carbocycles. The van der Waals surface area contributed by atoms with Crippen molar-refractivity contribution in [1.82, 2.24) is 9.88 Å².